The van der Waals surface area contributed by atoms with Gasteiger partial charge in [-0.25, -0.2) is 15.0 Å². The highest BCUT2D eigenvalue weighted by Gasteiger charge is 2.20. The fourth-order valence-corrected chi connectivity index (χ4v) is 9.09. The van der Waals surface area contributed by atoms with Crippen molar-refractivity contribution in [1.82, 2.24) is 15.0 Å². The van der Waals surface area contributed by atoms with Crippen LogP contribution in [0.1, 0.15) is 0 Å². The molecule has 0 saturated carbocycles. The molecule has 3 heterocycles. The summed E-state index contributed by atoms with van der Waals surface area (Å²) in [4.78, 5) is 15.2. The lowest BCUT2D eigenvalue weighted by Crippen LogP contribution is -2.00. The SMILES string of the molecule is c1ccc(-c2ccc(-c3nc(-c4ccccc4)nc(-c4cccc5oc6c(-c7ccc(-c8cccc9c8sc8ccccc89)cc7)cccc6c45)n3)cc2)cc1. The van der Waals surface area contributed by atoms with Gasteiger partial charge < -0.3 is 4.42 Å². The van der Waals surface area contributed by atoms with Crippen LogP contribution in [0.25, 0.3) is 110 Å². The molecule has 11 rings (SSSR count). The van der Waals surface area contributed by atoms with Gasteiger partial charge in [-0.3, -0.25) is 0 Å². The van der Waals surface area contributed by atoms with E-state index in [0.717, 1.165) is 55.3 Å². The summed E-state index contributed by atoms with van der Waals surface area (Å²) >= 11 is 1.86. The highest BCUT2D eigenvalue weighted by atomic mass is 32.1. The van der Waals surface area contributed by atoms with E-state index in [1.807, 2.05) is 59.9 Å². The van der Waals surface area contributed by atoms with Crippen molar-refractivity contribution in [3.05, 3.63) is 188 Å². The van der Waals surface area contributed by atoms with Gasteiger partial charge in [0.05, 0.1) is 0 Å². The molecule has 0 bridgehead atoms. The third-order valence-electron chi connectivity index (χ3n) is 10.6. The van der Waals surface area contributed by atoms with Crippen LogP contribution in [0.5, 0.6) is 0 Å². The van der Waals surface area contributed by atoms with Crippen LogP contribution in [0.3, 0.4) is 0 Å². The van der Waals surface area contributed by atoms with E-state index in [-0.39, 0.29) is 0 Å². The number of nitrogens with zero attached hydrogens (tertiary/aromatic N) is 3. The first-order valence-corrected chi connectivity index (χ1v) is 19.5. The number of benzene rings is 8. The van der Waals surface area contributed by atoms with E-state index in [2.05, 4.69) is 140 Å². The second-order valence-electron chi connectivity index (χ2n) is 13.9. The minimum absolute atomic E-state index is 0.597. The number of furan rings is 1. The van der Waals surface area contributed by atoms with Crippen LogP contribution in [0.2, 0.25) is 0 Å². The summed E-state index contributed by atoms with van der Waals surface area (Å²) in [5.41, 5.74) is 11.2. The molecule has 0 aliphatic rings. The zero-order valence-electron chi connectivity index (χ0n) is 30.1. The number of para-hydroxylation sites is 1. The molecule has 8 aromatic carbocycles. The van der Waals surface area contributed by atoms with Gasteiger partial charge in [0, 0.05) is 53.2 Å². The molecule has 56 heavy (non-hydrogen) atoms. The third-order valence-corrected chi connectivity index (χ3v) is 11.8. The van der Waals surface area contributed by atoms with Gasteiger partial charge in [0.1, 0.15) is 11.2 Å². The van der Waals surface area contributed by atoms with Gasteiger partial charge in [0.2, 0.25) is 0 Å². The van der Waals surface area contributed by atoms with E-state index < -0.39 is 0 Å². The Hall–Kier alpha value is -7.21. The molecule has 0 N–H and O–H groups in total. The Balaban J connectivity index is 1.02. The van der Waals surface area contributed by atoms with Crippen molar-refractivity contribution in [3.8, 4) is 67.5 Å². The first kappa shape index (κ1) is 32.2. The van der Waals surface area contributed by atoms with Crippen LogP contribution in [0.4, 0.5) is 0 Å². The maximum Gasteiger partial charge on any atom is 0.164 e. The minimum Gasteiger partial charge on any atom is -0.455 e. The second kappa shape index (κ2) is 13.3. The largest absolute Gasteiger partial charge is 0.455 e. The van der Waals surface area contributed by atoms with Crippen LogP contribution in [0, 0.1) is 0 Å². The molecule has 3 aromatic heterocycles. The van der Waals surface area contributed by atoms with Crippen LogP contribution < -0.4 is 0 Å². The van der Waals surface area contributed by atoms with Crippen molar-refractivity contribution in [1.29, 1.82) is 0 Å². The van der Waals surface area contributed by atoms with E-state index in [1.165, 1.54) is 36.9 Å². The van der Waals surface area contributed by atoms with Crippen molar-refractivity contribution in [2.45, 2.75) is 0 Å². The normalized spacial score (nSPS) is 11.6. The summed E-state index contributed by atoms with van der Waals surface area (Å²) in [6, 6.07) is 65.6. The van der Waals surface area contributed by atoms with E-state index in [0.29, 0.717) is 17.5 Å². The molecule has 0 saturated heterocycles. The van der Waals surface area contributed by atoms with E-state index in [9.17, 15) is 0 Å². The highest BCUT2D eigenvalue weighted by Crippen LogP contribution is 2.43. The van der Waals surface area contributed by atoms with Crippen molar-refractivity contribution < 1.29 is 4.42 Å². The number of hydrogen-bond donors (Lipinski definition) is 0. The summed E-state index contributed by atoms with van der Waals surface area (Å²) in [7, 11) is 0. The van der Waals surface area contributed by atoms with Crippen molar-refractivity contribution in [3.63, 3.8) is 0 Å². The number of hydrogen-bond acceptors (Lipinski definition) is 5. The molecule has 0 radical (unpaired) electrons. The quantitative estimate of drug-likeness (QED) is 0.171. The molecule has 0 aliphatic carbocycles. The van der Waals surface area contributed by atoms with Crippen molar-refractivity contribution in [2.24, 2.45) is 0 Å². The molecule has 4 nitrogen and oxygen atoms in total. The lowest BCUT2D eigenvalue weighted by molar-refractivity contribution is 0.670. The van der Waals surface area contributed by atoms with Gasteiger partial charge in [0.15, 0.2) is 17.5 Å². The van der Waals surface area contributed by atoms with Gasteiger partial charge in [-0.2, -0.15) is 0 Å². The fourth-order valence-electron chi connectivity index (χ4n) is 7.85. The lowest BCUT2D eigenvalue weighted by atomic mass is 9.97. The summed E-state index contributed by atoms with van der Waals surface area (Å²) in [6.45, 7) is 0. The van der Waals surface area contributed by atoms with E-state index >= 15 is 0 Å². The summed E-state index contributed by atoms with van der Waals surface area (Å²) in [5.74, 6) is 1.83. The van der Waals surface area contributed by atoms with Crippen LogP contribution in [-0.2, 0) is 0 Å². The monoisotopic (exact) mass is 733 g/mol. The van der Waals surface area contributed by atoms with Crippen LogP contribution >= 0.6 is 11.3 Å². The van der Waals surface area contributed by atoms with E-state index in [4.69, 9.17) is 19.4 Å². The first-order valence-electron chi connectivity index (χ1n) is 18.7. The molecular formula is C51H31N3OS. The third kappa shape index (κ3) is 5.48. The zero-order valence-corrected chi connectivity index (χ0v) is 30.9. The molecular weight excluding hydrogens is 703 g/mol. The number of thiophene rings is 1. The van der Waals surface area contributed by atoms with Crippen molar-refractivity contribution in [2.75, 3.05) is 0 Å². The topological polar surface area (TPSA) is 51.8 Å². The summed E-state index contributed by atoms with van der Waals surface area (Å²) < 4.78 is 9.35. The average molecular weight is 734 g/mol. The smallest absolute Gasteiger partial charge is 0.164 e. The summed E-state index contributed by atoms with van der Waals surface area (Å²) in [5, 5.41) is 4.61. The molecule has 0 spiro atoms. The minimum atomic E-state index is 0.597. The molecule has 0 unspecified atom stereocenters. The molecule has 0 atom stereocenters. The molecule has 0 fully saturated rings. The van der Waals surface area contributed by atoms with Crippen LogP contribution in [-0.4, -0.2) is 15.0 Å². The van der Waals surface area contributed by atoms with Gasteiger partial charge in [0.25, 0.3) is 0 Å². The fraction of sp³-hybridized carbons (Fsp3) is 0. The Morgan fingerprint density at radius 1 is 0.339 bits per heavy atom. The predicted molar refractivity (Wildman–Crippen MR) is 233 cm³/mol. The predicted octanol–water partition coefficient (Wildman–Crippen LogP) is 14.1. The van der Waals surface area contributed by atoms with Gasteiger partial charge in [-0.1, -0.05) is 176 Å². The zero-order chi connectivity index (χ0) is 37.0. The molecule has 5 heteroatoms. The standard InChI is InChI=1S/C51H31N3OS/c1-3-12-32(13-4-1)33-24-30-37(31-25-33)50-52-49(36-14-5-2-6-15-36)53-51(54-50)43-21-11-22-44-46(43)42-20-9-17-38(47(42)55-44)34-26-28-35(29-27-34)39-18-10-19-41-40-16-7-8-23-45(40)56-48(39)41/h1-31H. The molecule has 262 valence electrons. The molecule has 0 amide bonds. The highest BCUT2D eigenvalue weighted by molar-refractivity contribution is 7.26. The first-order chi connectivity index (χ1) is 27.7. The Morgan fingerprint density at radius 2 is 0.839 bits per heavy atom. The average Bonchev–Trinajstić information content (AvgIpc) is 3.86. The maximum atomic E-state index is 6.72. The summed E-state index contributed by atoms with van der Waals surface area (Å²) in [6.07, 6.45) is 0. The van der Waals surface area contributed by atoms with Crippen molar-refractivity contribution >= 4 is 53.4 Å². The molecule has 11 aromatic rings. The Kier molecular flexibility index (Phi) is 7.64. The van der Waals surface area contributed by atoms with Gasteiger partial charge in [-0.05, 0) is 39.9 Å². The van der Waals surface area contributed by atoms with Gasteiger partial charge in [-0.15, -0.1) is 11.3 Å². The second-order valence-corrected chi connectivity index (χ2v) is 15.0. The Morgan fingerprint density at radius 3 is 1.59 bits per heavy atom. The lowest BCUT2D eigenvalue weighted by Gasteiger charge is -2.10. The number of aromatic nitrogens is 3. The number of fused-ring (bicyclic) bond motifs is 6. The Labute approximate surface area is 327 Å². The van der Waals surface area contributed by atoms with Crippen LogP contribution in [0.15, 0.2) is 192 Å². The number of rotatable bonds is 6. The maximum absolute atomic E-state index is 6.72. The Bertz CT molecular complexity index is 3220. The van der Waals surface area contributed by atoms with E-state index in [1.54, 1.807) is 0 Å². The van der Waals surface area contributed by atoms with Gasteiger partial charge >= 0.3 is 0 Å². The molecule has 0 aliphatic heterocycles.